The first-order chi connectivity index (χ1) is 11.7. The van der Waals surface area contributed by atoms with Crippen molar-refractivity contribution >= 4 is 39.3 Å². The van der Waals surface area contributed by atoms with Crippen LogP contribution in [0.15, 0.2) is 28.1 Å². The predicted molar refractivity (Wildman–Crippen MR) is 92.8 cm³/mol. The zero-order valence-electron chi connectivity index (χ0n) is 12.7. The van der Waals surface area contributed by atoms with Crippen molar-refractivity contribution < 1.29 is 14.3 Å². The van der Waals surface area contributed by atoms with Crippen LogP contribution in [0.25, 0.3) is 0 Å². The van der Waals surface area contributed by atoms with Crippen LogP contribution in [-0.2, 0) is 4.79 Å². The standard InChI is InChI=1S/C15H15BrN4O3S/c16-10-5-12-13(23-4-3-22-12)6-11(10)18-14(21)7-24-15-19-17-8-20(15)9-1-2-9/h5-6,8-9H,1-4,7H2,(H,18,21). The number of amides is 1. The zero-order chi connectivity index (χ0) is 16.5. The molecule has 0 spiro atoms. The van der Waals surface area contributed by atoms with E-state index in [1.807, 2.05) is 4.57 Å². The summed E-state index contributed by atoms with van der Waals surface area (Å²) in [4.78, 5) is 12.2. The van der Waals surface area contributed by atoms with Gasteiger partial charge in [0.25, 0.3) is 0 Å². The molecule has 2 aliphatic rings. The van der Waals surface area contributed by atoms with E-state index in [9.17, 15) is 4.79 Å². The molecule has 0 radical (unpaired) electrons. The lowest BCUT2D eigenvalue weighted by molar-refractivity contribution is -0.113. The normalized spacial score (nSPS) is 16.0. The van der Waals surface area contributed by atoms with Crippen LogP contribution in [0.1, 0.15) is 18.9 Å². The maximum atomic E-state index is 12.2. The van der Waals surface area contributed by atoms with Crippen molar-refractivity contribution in [2.24, 2.45) is 0 Å². The van der Waals surface area contributed by atoms with Crippen LogP contribution in [0, 0.1) is 0 Å². The molecule has 1 aliphatic carbocycles. The lowest BCUT2D eigenvalue weighted by Gasteiger charge is -2.20. The van der Waals surface area contributed by atoms with E-state index in [2.05, 4.69) is 31.4 Å². The van der Waals surface area contributed by atoms with E-state index in [0.717, 1.165) is 22.5 Å². The summed E-state index contributed by atoms with van der Waals surface area (Å²) in [7, 11) is 0. The van der Waals surface area contributed by atoms with Crippen molar-refractivity contribution in [3.63, 3.8) is 0 Å². The number of benzene rings is 1. The Morgan fingerprint density at radius 1 is 1.33 bits per heavy atom. The van der Waals surface area contributed by atoms with Crippen LogP contribution < -0.4 is 14.8 Å². The second kappa shape index (κ2) is 6.64. The first-order valence-electron chi connectivity index (χ1n) is 7.62. The monoisotopic (exact) mass is 410 g/mol. The molecule has 1 aliphatic heterocycles. The fourth-order valence-electron chi connectivity index (χ4n) is 2.41. The number of nitrogens with zero attached hydrogens (tertiary/aromatic N) is 3. The van der Waals surface area contributed by atoms with Gasteiger partial charge in [-0.25, -0.2) is 0 Å². The van der Waals surface area contributed by atoms with Gasteiger partial charge in [0.2, 0.25) is 5.91 Å². The van der Waals surface area contributed by atoms with Crippen molar-refractivity contribution in [3.05, 3.63) is 22.9 Å². The van der Waals surface area contributed by atoms with E-state index < -0.39 is 0 Å². The predicted octanol–water partition coefficient (Wildman–Crippen LogP) is 2.88. The van der Waals surface area contributed by atoms with E-state index in [0.29, 0.717) is 36.4 Å². The van der Waals surface area contributed by atoms with Gasteiger partial charge < -0.3 is 19.4 Å². The van der Waals surface area contributed by atoms with Crippen molar-refractivity contribution in [1.29, 1.82) is 0 Å². The van der Waals surface area contributed by atoms with Gasteiger partial charge in [-0.05, 0) is 28.8 Å². The van der Waals surface area contributed by atoms with E-state index in [4.69, 9.17) is 9.47 Å². The average Bonchev–Trinajstić information content (AvgIpc) is 3.32. The molecule has 0 saturated heterocycles. The number of thioether (sulfide) groups is 1. The van der Waals surface area contributed by atoms with Gasteiger partial charge in [0.15, 0.2) is 16.7 Å². The number of nitrogens with one attached hydrogen (secondary N) is 1. The number of anilines is 1. The molecule has 1 aromatic carbocycles. The Labute approximate surface area is 151 Å². The average molecular weight is 411 g/mol. The lowest BCUT2D eigenvalue weighted by Crippen LogP contribution is -2.17. The number of hydrogen-bond acceptors (Lipinski definition) is 6. The van der Waals surface area contributed by atoms with E-state index in [1.165, 1.54) is 11.8 Å². The summed E-state index contributed by atoms with van der Waals surface area (Å²) in [5.74, 6) is 1.48. The van der Waals surface area contributed by atoms with Gasteiger partial charge in [-0.15, -0.1) is 10.2 Å². The van der Waals surface area contributed by atoms with Crippen LogP contribution in [0.3, 0.4) is 0 Å². The van der Waals surface area contributed by atoms with Gasteiger partial charge in [0.05, 0.1) is 11.4 Å². The molecule has 1 amide bonds. The fourth-order valence-corrected chi connectivity index (χ4v) is 3.62. The second-order valence-corrected chi connectivity index (χ2v) is 7.36. The Kier molecular flexibility index (Phi) is 4.36. The minimum absolute atomic E-state index is 0.109. The van der Waals surface area contributed by atoms with Gasteiger partial charge >= 0.3 is 0 Å². The summed E-state index contributed by atoms with van der Waals surface area (Å²) in [6, 6.07) is 4.08. The van der Waals surface area contributed by atoms with Crippen molar-refractivity contribution in [1.82, 2.24) is 14.8 Å². The maximum Gasteiger partial charge on any atom is 0.234 e. The summed E-state index contributed by atoms with van der Waals surface area (Å²) >= 11 is 4.84. The Hall–Kier alpha value is -1.74. The number of aromatic nitrogens is 3. The number of halogens is 1. The summed E-state index contributed by atoms with van der Waals surface area (Å²) < 4.78 is 13.9. The molecule has 1 N–H and O–H groups in total. The SMILES string of the molecule is O=C(CSc1nncn1C1CC1)Nc1cc2c(cc1Br)OCCO2. The first-order valence-corrected chi connectivity index (χ1v) is 9.40. The van der Waals surface area contributed by atoms with E-state index in [1.54, 1.807) is 18.5 Å². The molecule has 2 heterocycles. The molecule has 0 unspecified atom stereocenters. The number of hydrogen-bond donors (Lipinski definition) is 1. The molecule has 9 heteroatoms. The van der Waals surface area contributed by atoms with Crippen LogP contribution in [-0.4, -0.2) is 39.6 Å². The van der Waals surface area contributed by atoms with Gasteiger partial charge in [-0.1, -0.05) is 11.8 Å². The van der Waals surface area contributed by atoms with Gasteiger partial charge in [0.1, 0.15) is 19.5 Å². The summed E-state index contributed by atoms with van der Waals surface area (Å²) in [6.07, 6.45) is 4.04. The maximum absolute atomic E-state index is 12.2. The minimum atomic E-state index is -0.109. The molecule has 24 heavy (non-hydrogen) atoms. The Balaban J connectivity index is 1.40. The van der Waals surface area contributed by atoms with E-state index in [-0.39, 0.29) is 11.7 Å². The molecule has 0 atom stereocenters. The molecule has 2 aromatic rings. The third-order valence-electron chi connectivity index (χ3n) is 3.72. The largest absolute Gasteiger partial charge is 0.486 e. The molecule has 0 bridgehead atoms. The Morgan fingerprint density at radius 2 is 2.08 bits per heavy atom. The summed E-state index contributed by atoms with van der Waals surface area (Å²) in [5, 5.41) is 11.7. The molecule has 1 aromatic heterocycles. The fraction of sp³-hybridized carbons (Fsp3) is 0.400. The molecular weight excluding hydrogens is 396 g/mol. The van der Waals surface area contributed by atoms with Gasteiger partial charge in [0, 0.05) is 22.6 Å². The van der Waals surface area contributed by atoms with Gasteiger partial charge in [-0.3, -0.25) is 4.79 Å². The zero-order valence-corrected chi connectivity index (χ0v) is 15.1. The van der Waals surface area contributed by atoms with Crippen LogP contribution in [0.2, 0.25) is 0 Å². The highest BCUT2D eigenvalue weighted by Crippen LogP contribution is 2.39. The third kappa shape index (κ3) is 3.36. The smallest absolute Gasteiger partial charge is 0.234 e. The summed E-state index contributed by atoms with van der Waals surface area (Å²) in [6.45, 7) is 1.04. The lowest BCUT2D eigenvalue weighted by atomic mass is 10.2. The Morgan fingerprint density at radius 3 is 2.83 bits per heavy atom. The topological polar surface area (TPSA) is 78.3 Å². The molecule has 1 fully saturated rings. The van der Waals surface area contributed by atoms with Crippen LogP contribution >= 0.6 is 27.7 Å². The molecular formula is C15H15BrN4O3S. The van der Waals surface area contributed by atoms with Crippen molar-refractivity contribution in [2.45, 2.75) is 24.0 Å². The highest BCUT2D eigenvalue weighted by Gasteiger charge is 2.26. The molecule has 7 nitrogen and oxygen atoms in total. The highest BCUT2D eigenvalue weighted by atomic mass is 79.9. The van der Waals surface area contributed by atoms with Crippen LogP contribution in [0.4, 0.5) is 5.69 Å². The molecule has 4 rings (SSSR count). The molecule has 1 saturated carbocycles. The van der Waals surface area contributed by atoms with Crippen LogP contribution in [0.5, 0.6) is 11.5 Å². The quantitative estimate of drug-likeness (QED) is 0.763. The number of rotatable bonds is 5. The number of ether oxygens (including phenoxy) is 2. The molecule has 126 valence electrons. The highest BCUT2D eigenvalue weighted by molar-refractivity contribution is 9.10. The van der Waals surface area contributed by atoms with Crippen molar-refractivity contribution in [2.75, 3.05) is 24.3 Å². The Bertz CT molecular complexity index is 778. The first kappa shape index (κ1) is 15.8. The third-order valence-corrected chi connectivity index (χ3v) is 5.33. The van der Waals surface area contributed by atoms with Gasteiger partial charge in [-0.2, -0.15) is 0 Å². The number of carbonyl (C=O) groups excluding carboxylic acids is 1. The second-order valence-electron chi connectivity index (χ2n) is 5.56. The minimum Gasteiger partial charge on any atom is -0.486 e. The number of carbonyl (C=O) groups is 1. The number of fused-ring (bicyclic) bond motifs is 1. The summed E-state index contributed by atoms with van der Waals surface area (Å²) in [5.41, 5.74) is 0.661. The van der Waals surface area contributed by atoms with E-state index >= 15 is 0 Å². The van der Waals surface area contributed by atoms with Crippen molar-refractivity contribution in [3.8, 4) is 11.5 Å².